The summed E-state index contributed by atoms with van der Waals surface area (Å²) in [5, 5.41) is 4.32. The molecule has 0 saturated carbocycles. The molecule has 1 aliphatic heterocycles. The maximum atomic E-state index is 6.31. The first kappa shape index (κ1) is 13.0. The second kappa shape index (κ2) is 5.54. The van der Waals surface area contributed by atoms with E-state index < -0.39 is 0 Å². The Labute approximate surface area is 118 Å². The number of benzene rings is 1. The van der Waals surface area contributed by atoms with Crippen molar-refractivity contribution in [3.8, 4) is 11.5 Å². The highest BCUT2D eigenvalue weighted by Crippen LogP contribution is 2.33. The molecule has 3 rings (SSSR count). The minimum atomic E-state index is -0.198. The first-order chi connectivity index (χ1) is 9.78. The third kappa shape index (κ3) is 2.49. The molecule has 0 amide bonds. The maximum absolute atomic E-state index is 6.31. The third-order valence-electron chi connectivity index (χ3n) is 3.39. The van der Waals surface area contributed by atoms with Gasteiger partial charge in [0.25, 0.3) is 0 Å². The molecule has 1 unspecified atom stereocenters. The van der Waals surface area contributed by atoms with Crippen molar-refractivity contribution in [1.29, 1.82) is 0 Å². The van der Waals surface area contributed by atoms with Crippen molar-refractivity contribution in [2.45, 2.75) is 25.9 Å². The van der Waals surface area contributed by atoms with E-state index in [1.54, 1.807) is 0 Å². The van der Waals surface area contributed by atoms with Crippen molar-refractivity contribution < 1.29 is 9.47 Å². The Balaban J connectivity index is 1.83. The van der Waals surface area contributed by atoms with E-state index in [1.807, 2.05) is 35.3 Å². The van der Waals surface area contributed by atoms with Gasteiger partial charge in [0.15, 0.2) is 11.5 Å². The Morgan fingerprint density at radius 3 is 2.85 bits per heavy atom. The lowest BCUT2D eigenvalue weighted by Crippen LogP contribution is -2.17. The summed E-state index contributed by atoms with van der Waals surface area (Å²) >= 11 is 0. The highest BCUT2D eigenvalue weighted by atomic mass is 16.6. The molecule has 1 atom stereocenters. The van der Waals surface area contributed by atoms with Crippen molar-refractivity contribution in [2.75, 3.05) is 13.2 Å². The largest absolute Gasteiger partial charge is 0.486 e. The van der Waals surface area contributed by atoms with Gasteiger partial charge in [-0.1, -0.05) is 13.0 Å². The van der Waals surface area contributed by atoms with Crippen LogP contribution in [0.4, 0.5) is 0 Å². The van der Waals surface area contributed by atoms with Crippen molar-refractivity contribution in [1.82, 2.24) is 9.78 Å². The Hall–Kier alpha value is -2.01. The molecule has 2 N–H and O–H groups in total. The smallest absolute Gasteiger partial charge is 0.161 e. The SMILES string of the molecule is CCCn1cc(C(N)c2ccc3c(c2)OCCO3)cn1. The minimum Gasteiger partial charge on any atom is -0.486 e. The molecule has 0 bridgehead atoms. The highest BCUT2D eigenvalue weighted by Gasteiger charge is 2.16. The Bertz CT molecular complexity index is 595. The van der Waals surface area contributed by atoms with Gasteiger partial charge >= 0.3 is 0 Å². The maximum Gasteiger partial charge on any atom is 0.161 e. The summed E-state index contributed by atoms with van der Waals surface area (Å²) in [5.74, 6) is 1.55. The average Bonchev–Trinajstić information content (AvgIpc) is 2.95. The van der Waals surface area contributed by atoms with E-state index in [-0.39, 0.29) is 6.04 Å². The normalized spacial score (nSPS) is 15.1. The molecular weight excluding hydrogens is 254 g/mol. The lowest BCUT2D eigenvalue weighted by molar-refractivity contribution is 0.171. The van der Waals surface area contributed by atoms with Gasteiger partial charge in [-0.15, -0.1) is 0 Å². The van der Waals surface area contributed by atoms with Gasteiger partial charge in [0.1, 0.15) is 13.2 Å². The first-order valence-corrected chi connectivity index (χ1v) is 6.95. The molecule has 106 valence electrons. The van der Waals surface area contributed by atoms with Crippen LogP contribution in [0.2, 0.25) is 0 Å². The molecule has 2 aromatic rings. The number of nitrogens with two attached hydrogens (primary N) is 1. The first-order valence-electron chi connectivity index (χ1n) is 6.95. The molecule has 1 aromatic carbocycles. The minimum absolute atomic E-state index is 0.198. The topological polar surface area (TPSA) is 62.3 Å². The Kier molecular flexibility index (Phi) is 3.60. The summed E-state index contributed by atoms with van der Waals surface area (Å²) in [6, 6.07) is 5.66. The van der Waals surface area contributed by atoms with Crippen LogP contribution in [0, 0.1) is 0 Å². The van der Waals surface area contributed by atoms with Crippen LogP contribution >= 0.6 is 0 Å². The third-order valence-corrected chi connectivity index (χ3v) is 3.39. The van der Waals surface area contributed by atoms with Gasteiger partial charge < -0.3 is 15.2 Å². The van der Waals surface area contributed by atoms with E-state index in [9.17, 15) is 0 Å². The number of hydrogen-bond donors (Lipinski definition) is 1. The molecule has 0 radical (unpaired) electrons. The fraction of sp³-hybridized carbons (Fsp3) is 0.400. The zero-order valence-electron chi connectivity index (χ0n) is 11.6. The molecule has 0 aliphatic carbocycles. The van der Waals surface area contributed by atoms with Crippen LogP contribution in [0.1, 0.15) is 30.5 Å². The van der Waals surface area contributed by atoms with Gasteiger partial charge in [0, 0.05) is 18.3 Å². The van der Waals surface area contributed by atoms with Gasteiger partial charge in [0.2, 0.25) is 0 Å². The van der Waals surface area contributed by atoms with E-state index in [1.165, 1.54) is 0 Å². The second-order valence-corrected chi connectivity index (χ2v) is 4.92. The molecule has 20 heavy (non-hydrogen) atoms. The fourth-order valence-electron chi connectivity index (χ4n) is 2.34. The zero-order chi connectivity index (χ0) is 13.9. The number of fused-ring (bicyclic) bond motifs is 1. The molecule has 0 saturated heterocycles. The van der Waals surface area contributed by atoms with Crippen LogP contribution in [-0.4, -0.2) is 23.0 Å². The fourth-order valence-corrected chi connectivity index (χ4v) is 2.34. The second-order valence-electron chi connectivity index (χ2n) is 4.92. The van der Waals surface area contributed by atoms with Crippen molar-refractivity contribution in [3.05, 3.63) is 41.7 Å². The van der Waals surface area contributed by atoms with Gasteiger partial charge in [-0.05, 0) is 24.1 Å². The van der Waals surface area contributed by atoms with Crippen LogP contribution in [-0.2, 0) is 6.54 Å². The predicted octanol–water partition coefficient (Wildman–Crippen LogP) is 2.11. The Morgan fingerprint density at radius 1 is 1.25 bits per heavy atom. The zero-order valence-corrected chi connectivity index (χ0v) is 11.6. The lowest BCUT2D eigenvalue weighted by Gasteiger charge is -2.20. The monoisotopic (exact) mass is 273 g/mol. The summed E-state index contributed by atoms with van der Waals surface area (Å²) in [4.78, 5) is 0. The van der Waals surface area contributed by atoms with E-state index in [2.05, 4.69) is 12.0 Å². The average molecular weight is 273 g/mol. The Morgan fingerprint density at radius 2 is 2.05 bits per heavy atom. The number of aryl methyl sites for hydroxylation is 1. The lowest BCUT2D eigenvalue weighted by atomic mass is 10.0. The summed E-state index contributed by atoms with van der Waals surface area (Å²) in [5.41, 5.74) is 8.32. The van der Waals surface area contributed by atoms with Crippen molar-refractivity contribution in [3.63, 3.8) is 0 Å². The summed E-state index contributed by atoms with van der Waals surface area (Å²) in [6.07, 6.45) is 4.89. The van der Waals surface area contributed by atoms with Gasteiger partial charge in [0.05, 0.1) is 12.2 Å². The summed E-state index contributed by atoms with van der Waals surface area (Å²) in [6.45, 7) is 4.22. The van der Waals surface area contributed by atoms with Crippen LogP contribution in [0.3, 0.4) is 0 Å². The summed E-state index contributed by atoms with van der Waals surface area (Å²) in [7, 11) is 0. The number of rotatable bonds is 4. The van der Waals surface area contributed by atoms with Gasteiger partial charge in [-0.3, -0.25) is 4.68 Å². The molecule has 0 spiro atoms. The number of aromatic nitrogens is 2. The molecule has 5 heteroatoms. The van der Waals surface area contributed by atoms with Crippen LogP contribution in [0.5, 0.6) is 11.5 Å². The molecule has 5 nitrogen and oxygen atoms in total. The van der Waals surface area contributed by atoms with Crippen molar-refractivity contribution in [2.24, 2.45) is 5.73 Å². The number of ether oxygens (including phenoxy) is 2. The van der Waals surface area contributed by atoms with Crippen LogP contribution in [0.25, 0.3) is 0 Å². The van der Waals surface area contributed by atoms with Crippen LogP contribution < -0.4 is 15.2 Å². The molecule has 1 aliphatic rings. The molecule has 1 aromatic heterocycles. The summed E-state index contributed by atoms with van der Waals surface area (Å²) < 4.78 is 13.0. The standard InChI is InChI=1S/C15H19N3O2/c1-2-5-18-10-12(9-17-18)15(16)11-3-4-13-14(8-11)20-7-6-19-13/h3-4,8-10,15H,2,5-7,16H2,1H3. The molecule has 0 fully saturated rings. The van der Waals surface area contributed by atoms with E-state index in [4.69, 9.17) is 15.2 Å². The molecule has 2 heterocycles. The van der Waals surface area contributed by atoms with Gasteiger partial charge in [-0.2, -0.15) is 5.10 Å². The number of nitrogens with zero attached hydrogens (tertiary/aromatic N) is 2. The molecular formula is C15H19N3O2. The predicted molar refractivity (Wildman–Crippen MR) is 76.0 cm³/mol. The van der Waals surface area contributed by atoms with E-state index in [0.717, 1.165) is 35.6 Å². The van der Waals surface area contributed by atoms with Gasteiger partial charge in [-0.25, -0.2) is 0 Å². The van der Waals surface area contributed by atoms with Crippen molar-refractivity contribution >= 4 is 0 Å². The quantitative estimate of drug-likeness (QED) is 0.926. The number of hydrogen-bond acceptors (Lipinski definition) is 4. The van der Waals surface area contributed by atoms with E-state index >= 15 is 0 Å². The van der Waals surface area contributed by atoms with E-state index in [0.29, 0.717) is 13.2 Å². The van der Waals surface area contributed by atoms with Crippen LogP contribution in [0.15, 0.2) is 30.6 Å². The highest BCUT2D eigenvalue weighted by molar-refractivity contribution is 5.46.